The molecular weight excluding hydrogens is 398 g/mol. The first-order chi connectivity index (χ1) is 14.6. The summed E-state index contributed by atoms with van der Waals surface area (Å²) < 4.78 is 5.12. The molecule has 0 aromatic rings. The summed E-state index contributed by atoms with van der Waals surface area (Å²) in [5, 5.41) is 2.83. The van der Waals surface area contributed by atoms with E-state index in [9.17, 15) is 19.2 Å². The van der Waals surface area contributed by atoms with E-state index in [0.29, 0.717) is 31.8 Å². The van der Waals surface area contributed by atoms with Crippen molar-refractivity contribution in [2.45, 2.75) is 84.1 Å². The molecule has 0 unspecified atom stereocenters. The summed E-state index contributed by atoms with van der Waals surface area (Å²) in [7, 11) is 0. The van der Waals surface area contributed by atoms with Gasteiger partial charge in [0.25, 0.3) is 11.8 Å². The molecule has 0 aromatic carbocycles. The lowest BCUT2D eigenvalue weighted by Gasteiger charge is -2.40. The standard InChI is InChI=1S/C23H37N3O5/c1-22(2,3)17-9-11-23(12-10-17)20(29)26(21(30)24-23)15-19(28)31-16-18(27)25-13-7-5-4-6-8-14-25/h17H,4-16H2,1-3H3,(H,24,30). The highest BCUT2D eigenvalue weighted by Crippen LogP contribution is 2.43. The number of amides is 4. The van der Waals surface area contributed by atoms with E-state index in [1.54, 1.807) is 4.90 Å². The minimum atomic E-state index is -0.903. The predicted molar refractivity (Wildman–Crippen MR) is 115 cm³/mol. The molecule has 1 spiro atoms. The van der Waals surface area contributed by atoms with Crippen molar-refractivity contribution < 1.29 is 23.9 Å². The first-order valence-corrected chi connectivity index (χ1v) is 11.7. The van der Waals surface area contributed by atoms with Crippen LogP contribution in [0.5, 0.6) is 0 Å². The number of carbonyl (C=O) groups excluding carboxylic acids is 4. The number of likely N-dealkylation sites (tertiary alicyclic amines) is 1. The number of nitrogens with one attached hydrogen (secondary N) is 1. The Kier molecular flexibility index (Phi) is 7.27. The zero-order valence-corrected chi connectivity index (χ0v) is 19.2. The van der Waals surface area contributed by atoms with Gasteiger partial charge in [-0.2, -0.15) is 0 Å². The molecule has 0 atom stereocenters. The molecule has 1 aliphatic carbocycles. The summed E-state index contributed by atoms with van der Waals surface area (Å²) in [6.45, 7) is 7.15. The highest BCUT2D eigenvalue weighted by molar-refractivity contribution is 6.08. The first kappa shape index (κ1) is 23.5. The zero-order valence-electron chi connectivity index (χ0n) is 19.2. The molecule has 1 N–H and O–H groups in total. The fraction of sp³-hybridized carbons (Fsp3) is 0.826. The molecular formula is C23H37N3O5. The summed E-state index contributed by atoms with van der Waals surface area (Å²) in [5.41, 5.74) is -0.741. The van der Waals surface area contributed by atoms with Crippen molar-refractivity contribution in [3.63, 3.8) is 0 Å². The van der Waals surface area contributed by atoms with E-state index in [-0.39, 0.29) is 23.8 Å². The van der Waals surface area contributed by atoms with Crippen molar-refractivity contribution in [2.24, 2.45) is 11.3 Å². The van der Waals surface area contributed by atoms with Crippen LogP contribution in [0.1, 0.15) is 78.6 Å². The maximum Gasteiger partial charge on any atom is 0.326 e. The highest BCUT2D eigenvalue weighted by Gasteiger charge is 2.53. The number of urea groups is 1. The predicted octanol–water partition coefficient (Wildman–Crippen LogP) is 2.85. The van der Waals surface area contributed by atoms with Crippen LogP contribution in [0.25, 0.3) is 0 Å². The van der Waals surface area contributed by atoms with Crippen molar-refractivity contribution >= 4 is 23.8 Å². The van der Waals surface area contributed by atoms with Gasteiger partial charge in [0.05, 0.1) is 0 Å². The lowest BCUT2D eigenvalue weighted by atomic mass is 9.67. The molecule has 8 nitrogen and oxygen atoms in total. The van der Waals surface area contributed by atoms with E-state index in [0.717, 1.165) is 43.4 Å². The van der Waals surface area contributed by atoms with Crippen molar-refractivity contribution in [3.05, 3.63) is 0 Å². The Hall–Kier alpha value is -2.12. The van der Waals surface area contributed by atoms with Crippen molar-refractivity contribution in [1.82, 2.24) is 15.1 Å². The normalized spacial score (nSPS) is 27.6. The lowest BCUT2D eigenvalue weighted by Crippen LogP contribution is -2.50. The number of esters is 1. The number of hydrogen-bond acceptors (Lipinski definition) is 5. The SMILES string of the molecule is CC(C)(C)C1CCC2(CC1)NC(=O)N(CC(=O)OCC(=O)N1CCCCCCC1)C2=O. The van der Waals surface area contributed by atoms with Crippen LogP contribution >= 0.6 is 0 Å². The lowest BCUT2D eigenvalue weighted by molar-refractivity contribution is -0.154. The average Bonchev–Trinajstić information content (AvgIpc) is 2.89. The Balaban J connectivity index is 1.49. The topological polar surface area (TPSA) is 96.0 Å². The Morgan fingerprint density at radius 1 is 1.03 bits per heavy atom. The van der Waals surface area contributed by atoms with Gasteiger partial charge in [-0.25, -0.2) is 4.79 Å². The van der Waals surface area contributed by atoms with Gasteiger partial charge in [-0.3, -0.25) is 19.3 Å². The smallest absolute Gasteiger partial charge is 0.326 e. The van der Waals surface area contributed by atoms with Crippen LogP contribution < -0.4 is 5.32 Å². The van der Waals surface area contributed by atoms with Crippen LogP contribution in [0.15, 0.2) is 0 Å². The van der Waals surface area contributed by atoms with Gasteiger partial charge in [0, 0.05) is 13.1 Å². The van der Waals surface area contributed by atoms with Crippen LogP contribution in [0.4, 0.5) is 4.79 Å². The van der Waals surface area contributed by atoms with Crippen LogP contribution in [0.3, 0.4) is 0 Å². The molecule has 2 saturated heterocycles. The third-order valence-electron chi connectivity index (χ3n) is 7.16. The summed E-state index contributed by atoms with van der Waals surface area (Å²) in [4.78, 5) is 52.8. The van der Waals surface area contributed by atoms with E-state index < -0.39 is 24.1 Å². The summed E-state index contributed by atoms with van der Waals surface area (Å²) in [5.74, 6) is -0.804. The maximum absolute atomic E-state index is 13.0. The number of nitrogens with zero attached hydrogens (tertiary/aromatic N) is 2. The third-order valence-corrected chi connectivity index (χ3v) is 7.16. The molecule has 174 valence electrons. The van der Waals surface area contributed by atoms with E-state index in [4.69, 9.17) is 4.74 Å². The average molecular weight is 436 g/mol. The Labute approximate surface area is 185 Å². The summed E-state index contributed by atoms with van der Waals surface area (Å²) >= 11 is 0. The number of rotatable bonds is 4. The Bertz CT molecular complexity index is 698. The molecule has 4 amide bonds. The second kappa shape index (κ2) is 9.57. The second-order valence-corrected chi connectivity index (χ2v) is 10.4. The molecule has 31 heavy (non-hydrogen) atoms. The van der Waals surface area contributed by atoms with Crippen LogP contribution in [0, 0.1) is 11.3 Å². The summed E-state index contributed by atoms with van der Waals surface area (Å²) in [6, 6.07) is -0.550. The molecule has 1 saturated carbocycles. The second-order valence-electron chi connectivity index (χ2n) is 10.4. The van der Waals surface area contributed by atoms with Gasteiger partial charge in [0.1, 0.15) is 12.1 Å². The number of imide groups is 1. The third kappa shape index (κ3) is 5.57. The largest absolute Gasteiger partial charge is 0.454 e. The minimum absolute atomic E-state index is 0.163. The van der Waals surface area contributed by atoms with Gasteiger partial charge in [-0.05, 0) is 49.9 Å². The molecule has 3 rings (SSSR count). The van der Waals surface area contributed by atoms with E-state index in [2.05, 4.69) is 26.1 Å². The van der Waals surface area contributed by atoms with Crippen molar-refractivity contribution in [1.29, 1.82) is 0 Å². The quantitative estimate of drug-likeness (QED) is 0.541. The number of ether oxygens (including phenoxy) is 1. The molecule has 2 aliphatic heterocycles. The van der Waals surface area contributed by atoms with E-state index in [1.807, 2.05) is 0 Å². The van der Waals surface area contributed by atoms with Gasteiger partial charge in [-0.15, -0.1) is 0 Å². The molecule has 2 heterocycles. The maximum atomic E-state index is 13.0. The van der Waals surface area contributed by atoms with Crippen LogP contribution in [-0.4, -0.2) is 65.4 Å². The van der Waals surface area contributed by atoms with E-state index in [1.165, 1.54) is 6.42 Å². The first-order valence-electron chi connectivity index (χ1n) is 11.7. The van der Waals surface area contributed by atoms with Gasteiger partial charge in [0.15, 0.2) is 6.61 Å². The van der Waals surface area contributed by atoms with Gasteiger partial charge in [-0.1, -0.05) is 40.0 Å². The number of hydrogen-bond donors (Lipinski definition) is 1. The number of carbonyl (C=O) groups is 4. The van der Waals surface area contributed by atoms with E-state index >= 15 is 0 Å². The molecule has 0 radical (unpaired) electrons. The van der Waals surface area contributed by atoms with Crippen molar-refractivity contribution in [2.75, 3.05) is 26.2 Å². The van der Waals surface area contributed by atoms with Gasteiger partial charge >= 0.3 is 12.0 Å². The Morgan fingerprint density at radius 3 is 2.19 bits per heavy atom. The molecule has 8 heteroatoms. The molecule has 0 aromatic heterocycles. The highest BCUT2D eigenvalue weighted by atomic mass is 16.5. The van der Waals surface area contributed by atoms with Crippen LogP contribution in [0.2, 0.25) is 0 Å². The molecule has 3 aliphatic rings. The molecule has 0 bridgehead atoms. The minimum Gasteiger partial charge on any atom is -0.454 e. The van der Waals surface area contributed by atoms with Crippen LogP contribution in [-0.2, 0) is 19.1 Å². The van der Waals surface area contributed by atoms with Gasteiger partial charge in [0.2, 0.25) is 0 Å². The fourth-order valence-corrected chi connectivity index (χ4v) is 5.04. The zero-order chi connectivity index (χ0) is 22.6. The monoisotopic (exact) mass is 435 g/mol. The summed E-state index contributed by atoms with van der Waals surface area (Å²) in [6.07, 6.45) is 8.21. The Morgan fingerprint density at radius 2 is 1.61 bits per heavy atom. The fourth-order valence-electron chi connectivity index (χ4n) is 5.04. The van der Waals surface area contributed by atoms with Crippen molar-refractivity contribution in [3.8, 4) is 0 Å². The molecule has 3 fully saturated rings. The van der Waals surface area contributed by atoms with Gasteiger partial charge < -0.3 is 15.0 Å².